The molecule has 1 N–H and O–H groups in total. The molecule has 1 aliphatic heterocycles. The van der Waals surface area contributed by atoms with Gasteiger partial charge in [-0.3, -0.25) is 4.79 Å². The van der Waals surface area contributed by atoms with Gasteiger partial charge < -0.3 is 20.0 Å². The molecule has 0 saturated carbocycles. The lowest BCUT2D eigenvalue weighted by molar-refractivity contribution is 0.0761. The number of likely N-dealkylation sites (tertiary alicyclic amines) is 1. The molecule has 0 radical (unpaired) electrons. The van der Waals surface area contributed by atoms with E-state index >= 15 is 0 Å². The lowest BCUT2D eigenvalue weighted by Crippen LogP contribution is -2.39. The minimum Gasteiger partial charge on any atom is -0.339 e. The van der Waals surface area contributed by atoms with Crippen molar-refractivity contribution in [2.75, 3.05) is 45.6 Å². The second-order valence-corrected chi connectivity index (χ2v) is 8.42. The number of hydrogen-bond donors (Lipinski definition) is 1. The molecule has 3 rings (SSSR count). The van der Waals surface area contributed by atoms with Crippen molar-refractivity contribution in [3.8, 4) is 0 Å². The monoisotopic (exact) mass is 422 g/mol. The standard InChI is InChI=1S/C25H34N4O2/c1-27(2)18-19-29(20-21-10-6-5-7-11-21)25(31)26-23-14-12-22(13-15-23)24(30)28-16-8-3-4-9-17-28/h5-7,10-15H,3-4,8-9,16-20H2,1-2H3,(H,26,31). The van der Waals surface area contributed by atoms with E-state index in [-0.39, 0.29) is 11.9 Å². The largest absolute Gasteiger partial charge is 0.339 e. The normalized spacial score (nSPS) is 14.2. The van der Waals surface area contributed by atoms with Crippen LogP contribution in [0.4, 0.5) is 10.5 Å². The molecule has 166 valence electrons. The Morgan fingerprint density at radius 3 is 2.13 bits per heavy atom. The number of anilines is 1. The third-order valence-electron chi connectivity index (χ3n) is 5.60. The summed E-state index contributed by atoms with van der Waals surface area (Å²) in [5.41, 5.74) is 2.46. The van der Waals surface area contributed by atoms with Crippen LogP contribution in [0.3, 0.4) is 0 Å². The van der Waals surface area contributed by atoms with Gasteiger partial charge in [0.1, 0.15) is 0 Å². The maximum Gasteiger partial charge on any atom is 0.322 e. The number of likely N-dealkylation sites (N-methyl/N-ethyl adjacent to an activating group) is 1. The minimum atomic E-state index is -0.141. The number of benzene rings is 2. The molecule has 6 heteroatoms. The van der Waals surface area contributed by atoms with Gasteiger partial charge in [0.2, 0.25) is 0 Å². The van der Waals surface area contributed by atoms with E-state index in [1.165, 1.54) is 12.8 Å². The number of nitrogens with zero attached hydrogens (tertiary/aromatic N) is 3. The van der Waals surface area contributed by atoms with Crippen LogP contribution in [-0.4, -0.2) is 66.9 Å². The molecule has 0 spiro atoms. The molecule has 0 unspecified atom stereocenters. The summed E-state index contributed by atoms with van der Waals surface area (Å²) in [7, 11) is 4.00. The summed E-state index contributed by atoms with van der Waals surface area (Å²) in [5.74, 6) is 0.0801. The van der Waals surface area contributed by atoms with Gasteiger partial charge in [-0.15, -0.1) is 0 Å². The van der Waals surface area contributed by atoms with Crippen LogP contribution >= 0.6 is 0 Å². The highest BCUT2D eigenvalue weighted by Gasteiger charge is 2.18. The van der Waals surface area contributed by atoms with E-state index in [0.29, 0.717) is 24.3 Å². The molecule has 0 aliphatic carbocycles. The van der Waals surface area contributed by atoms with E-state index in [1.807, 2.05) is 78.5 Å². The number of urea groups is 1. The SMILES string of the molecule is CN(C)CCN(Cc1ccccc1)C(=O)Nc1ccc(C(=O)N2CCCCCC2)cc1. The van der Waals surface area contributed by atoms with Crippen molar-refractivity contribution in [2.24, 2.45) is 0 Å². The number of rotatable bonds is 7. The fourth-order valence-corrected chi connectivity index (χ4v) is 3.73. The number of nitrogens with one attached hydrogen (secondary N) is 1. The molecule has 0 bridgehead atoms. The van der Waals surface area contributed by atoms with Crippen molar-refractivity contribution in [3.63, 3.8) is 0 Å². The zero-order valence-corrected chi connectivity index (χ0v) is 18.7. The van der Waals surface area contributed by atoms with Crippen LogP contribution in [0.15, 0.2) is 54.6 Å². The molecule has 0 atom stereocenters. The third-order valence-corrected chi connectivity index (χ3v) is 5.60. The van der Waals surface area contributed by atoms with Gasteiger partial charge in [-0.2, -0.15) is 0 Å². The molecule has 1 heterocycles. The average molecular weight is 423 g/mol. The zero-order chi connectivity index (χ0) is 22.1. The van der Waals surface area contributed by atoms with Gasteiger partial charge in [-0.1, -0.05) is 43.2 Å². The van der Waals surface area contributed by atoms with Gasteiger partial charge in [0.25, 0.3) is 5.91 Å². The Hall–Kier alpha value is -2.86. The quantitative estimate of drug-likeness (QED) is 0.724. The van der Waals surface area contributed by atoms with Gasteiger partial charge in [-0.05, 0) is 56.8 Å². The summed E-state index contributed by atoms with van der Waals surface area (Å²) in [6.45, 7) is 3.62. The summed E-state index contributed by atoms with van der Waals surface area (Å²) >= 11 is 0. The summed E-state index contributed by atoms with van der Waals surface area (Å²) in [5, 5.41) is 2.99. The van der Waals surface area contributed by atoms with Crippen LogP contribution in [0.5, 0.6) is 0 Å². The van der Waals surface area contributed by atoms with Gasteiger partial charge in [0.05, 0.1) is 0 Å². The topological polar surface area (TPSA) is 55.9 Å². The smallest absolute Gasteiger partial charge is 0.322 e. The van der Waals surface area contributed by atoms with Crippen molar-refractivity contribution in [3.05, 3.63) is 65.7 Å². The second kappa shape index (κ2) is 11.5. The molecule has 6 nitrogen and oxygen atoms in total. The highest BCUT2D eigenvalue weighted by molar-refractivity contribution is 5.95. The van der Waals surface area contributed by atoms with Gasteiger partial charge in [0, 0.05) is 44.0 Å². The average Bonchev–Trinajstić information content (AvgIpc) is 3.07. The third kappa shape index (κ3) is 7.10. The molecular weight excluding hydrogens is 388 g/mol. The highest BCUT2D eigenvalue weighted by atomic mass is 16.2. The van der Waals surface area contributed by atoms with Crippen LogP contribution in [0.1, 0.15) is 41.6 Å². The Kier molecular flexibility index (Phi) is 8.47. The maximum atomic E-state index is 13.0. The van der Waals surface area contributed by atoms with Crippen molar-refractivity contribution in [1.29, 1.82) is 0 Å². The molecule has 3 amide bonds. The first-order chi connectivity index (χ1) is 15.0. The molecule has 1 fully saturated rings. The maximum absolute atomic E-state index is 13.0. The van der Waals surface area contributed by atoms with E-state index in [4.69, 9.17) is 0 Å². The molecule has 2 aromatic rings. The molecular formula is C25H34N4O2. The number of amides is 3. The van der Waals surface area contributed by atoms with Crippen LogP contribution in [-0.2, 0) is 6.54 Å². The van der Waals surface area contributed by atoms with E-state index in [2.05, 4.69) is 10.2 Å². The van der Waals surface area contributed by atoms with Crippen molar-refractivity contribution in [1.82, 2.24) is 14.7 Å². The van der Waals surface area contributed by atoms with Gasteiger partial charge in [0.15, 0.2) is 0 Å². The van der Waals surface area contributed by atoms with E-state index in [1.54, 1.807) is 0 Å². The van der Waals surface area contributed by atoms with Crippen LogP contribution in [0.2, 0.25) is 0 Å². The first kappa shape index (κ1) is 22.8. The van der Waals surface area contributed by atoms with E-state index in [9.17, 15) is 9.59 Å². The van der Waals surface area contributed by atoms with Crippen LogP contribution in [0, 0.1) is 0 Å². The Morgan fingerprint density at radius 1 is 0.871 bits per heavy atom. The van der Waals surface area contributed by atoms with E-state index < -0.39 is 0 Å². The molecule has 1 aliphatic rings. The predicted molar refractivity (Wildman–Crippen MR) is 125 cm³/mol. The first-order valence-corrected chi connectivity index (χ1v) is 11.2. The summed E-state index contributed by atoms with van der Waals surface area (Å²) in [4.78, 5) is 31.6. The van der Waals surface area contributed by atoms with Crippen molar-refractivity contribution >= 4 is 17.6 Å². The number of carbonyl (C=O) groups is 2. The minimum absolute atomic E-state index is 0.0801. The molecule has 0 aromatic heterocycles. The fraction of sp³-hybridized carbons (Fsp3) is 0.440. The predicted octanol–water partition coefficient (Wildman–Crippen LogP) is 4.30. The lowest BCUT2D eigenvalue weighted by atomic mass is 10.1. The van der Waals surface area contributed by atoms with Crippen LogP contribution in [0.25, 0.3) is 0 Å². The fourth-order valence-electron chi connectivity index (χ4n) is 3.73. The lowest BCUT2D eigenvalue weighted by Gasteiger charge is -2.25. The van der Waals surface area contributed by atoms with E-state index in [0.717, 1.165) is 38.0 Å². The number of hydrogen-bond acceptors (Lipinski definition) is 3. The summed E-state index contributed by atoms with van der Waals surface area (Å²) < 4.78 is 0. The Bertz CT molecular complexity index is 828. The summed E-state index contributed by atoms with van der Waals surface area (Å²) in [6.07, 6.45) is 4.54. The first-order valence-electron chi connectivity index (χ1n) is 11.2. The Morgan fingerprint density at radius 2 is 1.52 bits per heavy atom. The van der Waals surface area contributed by atoms with Gasteiger partial charge in [-0.25, -0.2) is 4.79 Å². The van der Waals surface area contributed by atoms with Crippen molar-refractivity contribution < 1.29 is 9.59 Å². The van der Waals surface area contributed by atoms with Crippen molar-refractivity contribution in [2.45, 2.75) is 32.2 Å². The second-order valence-electron chi connectivity index (χ2n) is 8.42. The van der Waals surface area contributed by atoms with Crippen LogP contribution < -0.4 is 5.32 Å². The zero-order valence-electron chi connectivity index (χ0n) is 18.7. The Balaban J connectivity index is 1.63. The summed E-state index contributed by atoms with van der Waals surface area (Å²) in [6, 6.07) is 17.1. The number of carbonyl (C=O) groups excluding carboxylic acids is 2. The molecule has 31 heavy (non-hydrogen) atoms. The Labute approximate surface area is 185 Å². The highest BCUT2D eigenvalue weighted by Crippen LogP contribution is 2.16. The van der Waals surface area contributed by atoms with Gasteiger partial charge >= 0.3 is 6.03 Å². The molecule has 1 saturated heterocycles. The molecule has 2 aromatic carbocycles.